The number of aryl methyl sites for hydroxylation is 1. The van der Waals surface area contributed by atoms with Crippen LogP contribution in [0.1, 0.15) is 21.5 Å². The molecule has 0 saturated carbocycles. The van der Waals surface area contributed by atoms with E-state index in [9.17, 15) is 9.59 Å². The fourth-order valence-corrected chi connectivity index (χ4v) is 2.91. The molecule has 0 aliphatic heterocycles. The zero-order valence-electron chi connectivity index (χ0n) is 15.6. The predicted octanol–water partition coefficient (Wildman–Crippen LogP) is 5.82. The molecule has 0 aromatic heterocycles. The van der Waals surface area contributed by atoms with Gasteiger partial charge in [0, 0.05) is 20.7 Å². The van der Waals surface area contributed by atoms with Gasteiger partial charge >= 0.3 is 0 Å². The van der Waals surface area contributed by atoms with Gasteiger partial charge in [-0.15, -0.1) is 0 Å². The Balaban J connectivity index is 1.86. The van der Waals surface area contributed by atoms with Crippen molar-refractivity contribution < 1.29 is 9.59 Å². The molecule has 0 heterocycles. The molecule has 3 aromatic rings. The van der Waals surface area contributed by atoms with E-state index in [0.29, 0.717) is 16.3 Å². The summed E-state index contributed by atoms with van der Waals surface area (Å²) in [5.41, 5.74) is 3.03. The lowest BCUT2D eigenvalue weighted by Gasteiger charge is -2.12. The zero-order valence-corrected chi connectivity index (χ0v) is 17.9. The molecule has 0 spiro atoms. The van der Waals surface area contributed by atoms with Crippen LogP contribution in [0.15, 0.2) is 83.0 Å². The molecule has 2 N–H and O–H groups in total. The largest absolute Gasteiger partial charge is 0.321 e. The maximum absolute atomic E-state index is 12.9. The first-order chi connectivity index (χ1) is 13.9. The van der Waals surface area contributed by atoms with E-state index in [1.54, 1.807) is 54.6 Å². The number of hydrogen-bond donors (Lipinski definition) is 2. The molecule has 0 aliphatic carbocycles. The van der Waals surface area contributed by atoms with Crippen LogP contribution in [-0.2, 0) is 4.79 Å². The Morgan fingerprint density at radius 3 is 2.14 bits per heavy atom. The average Bonchev–Trinajstić information content (AvgIpc) is 2.71. The van der Waals surface area contributed by atoms with Gasteiger partial charge in [-0.3, -0.25) is 9.59 Å². The van der Waals surface area contributed by atoms with E-state index in [4.69, 9.17) is 11.6 Å². The van der Waals surface area contributed by atoms with E-state index in [2.05, 4.69) is 26.6 Å². The lowest BCUT2D eigenvalue weighted by molar-refractivity contribution is -0.113. The van der Waals surface area contributed by atoms with Gasteiger partial charge in [0.15, 0.2) is 0 Å². The van der Waals surface area contributed by atoms with E-state index >= 15 is 0 Å². The molecule has 0 aliphatic rings. The van der Waals surface area contributed by atoms with Crippen LogP contribution in [0.2, 0.25) is 5.02 Å². The van der Waals surface area contributed by atoms with Gasteiger partial charge in [0.2, 0.25) is 0 Å². The molecule has 4 nitrogen and oxygen atoms in total. The summed E-state index contributed by atoms with van der Waals surface area (Å²) in [7, 11) is 0. The van der Waals surface area contributed by atoms with E-state index in [0.717, 1.165) is 15.6 Å². The van der Waals surface area contributed by atoms with Crippen LogP contribution < -0.4 is 10.6 Å². The Bertz CT molecular complexity index is 1040. The summed E-state index contributed by atoms with van der Waals surface area (Å²) in [5, 5.41) is 6.11. The van der Waals surface area contributed by atoms with Crippen LogP contribution in [0.3, 0.4) is 0 Å². The monoisotopic (exact) mass is 468 g/mol. The first-order valence-electron chi connectivity index (χ1n) is 8.83. The molecule has 3 rings (SSSR count). The molecular weight excluding hydrogens is 452 g/mol. The summed E-state index contributed by atoms with van der Waals surface area (Å²) in [6.45, 7) is 1.97. The van der Waals surface area contributed by atoms with E-state index in [1.165, 1.54) is 0 Å². The van der Waals surface area contributed by atoms with Gasteiger partial charge in [-0.2, -0.15) is 0 Å². The lowest BCUT2D eigenvalue weighted by Crippen LogP contribution is -2.30. The maximum atomic E-state index is 12.9. The summed E-state index contributed by atoms with van der Waals surface area (Å²) < 4.78 is 0.864. The number of nitrogens with one attached hydrogen (secondary N) is 2. The van der Waals surface area contributed by atoms with Crippen LogP contribution in [0.25, 0.3) is 6.08 Å². The van der Waals surface area contributed by atoms with Crippen LogP contribution in [-0.4, -0.2) is 11.8 Å². The molecule has 0 radical (unpaired) electrons. The highest BCUT2D eigenvalue weighted by Gasteiger charge is 2.15. The molecule has 2 amide bonds. The van der Waals surface area contributed by atoms with Gasteiger partial charge in [0.1, 0.15) is 5.70 Å². The summed E-state index contributed by atoms with van der Waals surface area (Å²) in [5.74, 6) is -0.800. The minimum absolute atomic E-state index is 0.126. The molecule has 146 valence electrons. The number of carbonyl (C=O) groups excluding carboxylic acids is 2. The number of anilines is 1. The first kappa shape index (κ1) is 20.8. The van der Waals surface area contributed by atoms with Crippen molar-refractivity contribution in [3.05, 3.63) is 105 Å². The lowest BCUT2D eigenvalue weighted by atomic mass is 10.1. The molecular formula is C23H18BrClN2O2. The standard InChI is InChI=1S/C23H18BrClN2O2/c1-15-2-12-20(13-3-15)26-23(29)21(14-16-4-10-19(25)11-5-16)27-22(28)17-6-8-18(24)9-7-17/h2-14H,1H3,(H,26,29)(H,27,28)/b21-14-. The SMILES string of the molecule is Cc1ccc(NC(=O)/C(=C/c2ccc(Cl)cc2)NC(=O)c2ccc(Br)cc2)cc1. The van der Waals surface area contributed by atoms with Crippen molar-refractivity contribution in [1.29, 1.82) is 0 Å². The first-order valence-corrected chi connectivity index (χ1v) is 10.00. The number of halogens is 2. The maximum Gasteiger partial charge on any atom is 0.272 e. The summed E-state index contributed by atoms with van der Waals surface area (Å²) in [6.07, 6.45) is 1.61. The van der Waals surface area contributed by atoms with Crippen molar-refractivity contribution in [1.82, 2.24) is 5.32 Å². The highest BCUT2D eigenvalue weighted by atomic mass is 79.9. The van der Waals surface area contributed by atoms with Gasteiger partial charge in [0.05, 0.1) is 0 Å². The van der Waals surface area contributed by atoms with Crippen molar-refractivity contribution in [3.63, 3.8) is 0 Å². The topological polar surface area (TPSA) is 58.2 Å². The number of hydrogen-bond acceptors (Lipinski definition) is 2. The van der Waals surface area contributed by atoms with E-state index < -0.39 is 5.91 Å². The van der Waals surface area contributed by atoms with Crippen molar-refractivity contribution in [2.75, 3.05) is 5.32 Å². The molecule has 0 atom stereocenters. The second-order valence-corrected chi connectivity index (χ2v) is 7.74. The molecule has 0 unspecified atom stereocenters. The van der Waals surface area contributed by atoms with Crippen LogP contribution >= 0.6 is 27.5 Å². The number of amides is 2. The summed E-state index contributed by atoms with van der Waals surface area (Å²) in [4.78, 5) is 25.5. The quantitative estimate of drug-likeness (QED) is 0.463. The Morgan fingerprint density at radius 2 is 1.52 bits per heavy atom. The van der Waals surface area contributed by atoms with Crippen LogP contribution in [0.4, 0.5) is 5.69 Å². The molecule has 3 aromatic carbocycles. The smallest absolute Gasteiger partial charge is 0.272 e. The minimum atomic E-state index is -0.422. The fourth-order valence-electron chi connectivity index (χ4n) is 2.52. The van der Waals surface area contributed by atoms with Gasteiger partial charge in [-0.25, -0.2) is 0 Å². The highest BCUT2D eigenvalue weighted by Crippen LogP contribution is 2.15. The van der Waals surface area contributed by atoms with Crippen molar-refractivity contribution in [3.8, 4) is 0 Å². The fraction of sp³-hybridized carbons (Fsp3) is 0.0435. The molecule has 0 bridgehead atoms. The summed E-state index contributed by atoms with van der Waals surface area (Å²) in [6, 6.07) is 21.3. The minimum Gasteiger partial charge on any atom is -0.321 e. The Kier molecular flexibility index (Phi) is 6.86. The summed E-state index contributed by atoms with van der Waals surface area (Å²) >= 11 is 9.28. The second-order valence-electron chi connectivity index (χ2n) is 6.39. The number of carbonyl (C=O) groups is 2. The van der Waals surface area contributed by atoms with E-state index in [1.807, 2.05) is 31.2 Å². The molecule has 0 fully saturated rings. The third-order valence-corrected chi connectivity index (χ3v) is 4.87. The highest BCUT2D eigenvalue weighted by molar-refractivity contribution is 9.10. The van der Waals surface area contributed by atoms with Crippen LogP contribution in [0, 0.1) is 6.92 Å². The molecule has 6 heteroatoms. The average molecular weight is 470 g/mol. The predicted molar refractivity (Wildman–Crippen MR) is 121 cm³/mol. The number of benzene rings is 3. The molecule has 29 heavy (non-hydrogen) atoms. The number of rotatable bonds is 5. The van der Waals surface area contributed by atoms with Crippen molar-refractivity contribution in [2.24, 2.45) is 0 Å². The van der Waals surface area contributed by atoms with Gasteiger partial charge in [-0.1, -0.05) is 57.4 Å². The molecule has 0 saturated heterocycles. The van der Waals surface area contributed by atoms with Crippen molar-refractivity contribution >= 4 is 51.1 Å². The third-order valence-electron chi connectivity index (χ3n) is 4.09. The normalized spacial score (nSPS) is 11.1. The zero-order chi connectivity index (χ0) is 20.8. The second kappa shape index (κ2) is 9.54. The Hall–Kier alpha value is -2.89. The van der Waals surface area contributed by atoms with E-state index in [-0.39, 0.29) is 11.6 Å². The Morgan fingerprint density at radius 1 is 0.897 bits per heavy atom. The Labute approximate surface area is 182 Å². The van der Waals surface area contributed by atoms with Gasteiger partial charge < -0.3 is 10.6 Å². The van der Waals surface area contributed by atoms with Crippen molar-refractivity contribution in [2.45, 2.75) is 6.92 Å². The van der Waals surface area contributed by atoms with Gasteiger partial charge in [0.25, 0.3) is 11.8 Å². The van der Waals surface area contributed by atoms with Gasteiger partial charge in [-0.05, 0) is 67.1 Å². The van der Waals surface area contributed by atoms with Crippen LogP contribution in [0.5, 0.6) is 0 Å². The third kappa shape index (κ3) is 6.04.